The number of amides is 5. The predicted octanol–water partition coefficient (Wildman–Crippen LogP) is 6.19. The van der Waals surface area contributed by atoms with Crippen molar-refractivity contribution in [1.82, 2.24) is 15.1 Å². The number of hydrogen-bond donors (Lipinski definition) is 4. The van der Waals surface area contributed by atoms with Crippen LogP contribution in [0.5, 0.6) is 5.75 Å². The number of aliphatic hydroxyl groups excluding tert-OH is 1. The highest BCUT2D eigenvalue weighted by Crippen LogP contribution is 2.30. The number of carbonyl (C=O) groups is 3. The highest BCUT2D eigenvalue weighted by Gasteiger charge is 2.32. The van der Waals surface area contributed by atoms with Crippen molar-refractivity contribution in [2.24, 2.45) is 5.92 Å². The summed E-state index contributed by atoms with van der Waals surface area (Å²) in [6, 6.07) is 7.40. The van der Waals surface area contributed by atoms with E-state index in [0.29, 0.717) is 24.5 Å². The Bertz CT molecular complexity index is 1370. The molecule has 1 aliphatic rings. The third-order valence-corrected chi connectivity index (χ3v) is 7.99. The molecule has 1 aliphatic heterocycles. The molecule has 0 bridgehead atoms. The van der Waals surface area contributed by atoms with E-state index >= 15 is 0 Å². The Morgan fingerprint density at radius 1 is 1.04 bits per heavy atom. The number of nitrogens with zero attached hydrogens (tertiary/aromatic N) is 2. The van der Waals surface area contributed by atoms with Gasteiger partial charge in [-0.15, -0.1) is 0 Å². The molecule has 0 aliphatic carbocycles. The molecule has 1 heterocycles. The van der Waals surface area contributed by atoms with Gasteiger partial charge in [0.15, 0.2) is 0 Å². The van der Waals surface area contributed by atoms with Crippen LogP contribution in [0.4, 0.5) is 34.1 Å². The summed E-state index contributed by atoms with van der Waals surface area (Å²) in [7, 11) is 1.55. The lowest BCUT2D eigenvalue weighted by molar-refractivity contribution is -0.137. The number of aliphatic hydroxyl groups is 1. The van der Waals surface area contributed by atoms with Gasteiger partial charge in [0.25, 0.3) is 5.91 Å². The maximum atomic E-state index is 14.2. The third-order valence-electron chi connectivity index (χ3n) is 7.99. The van der Waals surface area contributed by atoms with Gasteiger partial charge in [0.2, 0.25) is 0 Å². The minimum absolute atomic E-state index is 0.0967. The number of urea groups is 2. The minimum atomic E-state index is -4.49. The molecule has 0 radical (unpaired) electrons. The summed E-state index contributed by atoms with van der Waals surface area (Å²) in [5, 5.41) is 18.3. The number of halogens is 3. The normalized spacial score (nSPS) is 20.2. The topological polar surface area (TPSA) is 132 Å². The number of carbonyl (C=O) groups excluding carboxylic acids is 3. The Hall–Kier alpha value is -4.04. The van der Waals surface area contributed by atoms with Crippen molar-refractivity contribution in [3.8, 4) is 5.75 Å². The lowest BCUT2D eigenvalue weighted by Crippen LogP contribution is -2.48. The fourth-order valence-electron chi connectivity index (χ4n) is 5.21. The fraction of sp³-hybridized carbons (Fsp3) is 0.559. The molecule has 0 unspecified atom stereocenters. The number of hydrogen-bond acceptors (Lipinski definition) is 6. The van der Waals surface area contributed by atoms with Crippen LogP contribution in [0.2, 0.25) is 0 Å². The van der Waals surface area contributed by atoms with E-state index in [1.807, 2.05) is 27.7 Å². The van der Waals surface area contributed by atoms with Gasteiger partial charge in [-0.2, -0.15) is 13.2 Å². The largest absolute Gasteiger partial charge is 0.490 e. The highest BCUT2D eigenvalue weighted by molar-refractivity contribution is 5.99. The maximum absolute atomic E-state index is 14.2. The zero-order valence-electron chi connectivity index (χ0n) is 28.4. The summed E-state index contributed by atoms with van der Waals surface area (Å²) >= 11 is 0. The first-order valence-corrected chi connectivity index (χ1v) is 16.2. The smallest absolute Gasteiger partial charge is 0.416 e. The van der Waals surface area contributed by atoms with Crippen LogP contribution in [0, 0.1) is 5.92 Å². The van der Waals surface area contributed by atoms with Crippen LogP contribution in [0.25, 0.3) is 0 Å². The van der Waals surface area contributed by atoms with Crippen LogP contribution in [-0.2, 0) is 10.9 Å². The maximum Gasteiger partial charge on any atom is 0.416 e. The molecule has 3 rings (SSSR count). The van der Waals surface area contributed by atoms with Crippen molar-refractivity contribution in [2.75, 3.05) is 44.0 Å². The first-order valence-electron chi connectivity index (χ1n) is 16.2. The molecule has 2 aromatic rings. The van der Waals surface area contributed by atoms with Crippen LogP contribution in [-0.4, -0.2) is 90.5 Å². The average Bonchev–Trinajstić information content (AvgIpc) is 3.01. The molecule has 0 fully saturated rings. The first kappa shape index (κ1) is 38.4. The van der Waals surface area contributed by atoms with Gasteiger partial charge in [-0.25, -0.2) is 9.59 Å². The minimum Gasteiger partial charge on any atom is -0.490 e. The Labute approximate surface area is 280 Å². The van der Waals surface area contributed by atoms with Gasteiger partial charge in [-0.3, -0.25) is 4.79 Å². The van der Waals surface area contributed by atoms with E-state index in [4.69, 9.17) is 9.47 Å². The number of nitrogens with one attached hydrogen (secondary N) is 3. The van der Waals surface area contributed by atoms with E-state index in [1.54, 1.807) is 32.2 Å². The Balaban J connectivity index is 1.86. The molecular weight excluding hydrogens is 631 g/mol. The Morgan fingerprint density at radius 3 is 2.33 bits per heavy atom. The van der Waals surface area contributed by atoms with Crippen LogP contribution >= 0.6 is 0 Å². The molecule has 0 spiro atoms. The van der Waals surface area contributed by atoms with Gasteiger partial charge in [0, 0.05) is 50.1 Å². The Morgan fingerprint density at radius 2 is 1.71 bits per heavy atom. The highest BCUT2D eigenvalue weighted by atomic mass is 19.4. The predicted molar refractivity (Wildman–Crippen MR) is 177 cm³/mol. The summed E-state index contributed by atoms with van der Waals surface area (Å²) in [4.78, 5) is 42.6. The quantitative estimate of drug-likeness (QED) is 0.276. The summed E-state index contributed by atoms with van der Waals surface area (Å²) in [6.45, 7) is 9.52. The van der Waals surface area contributed by atoms with Crippen molar-refractivity contribution >= 4 is 29.3 Å². The fourth-order valence-corrected chi connectivity index (χ4v) is 5.21. The summed E-state index contributed by atoms with van der Waals surface area (Å²) in [5.41, 5.74) is 0.00189. The molecule has 266 valence electrons. The van der Waals surface area contributed by atoms with Gasteiger partial charge in [-0.1, -0.05) is 6.92 Å². The van der Waals surface area contributed by atoms with Crippen LogP contribution < -0.4 is 20.7 Å². The van der Waals surface area contributed by atoms with Gasteiger partial charge in [0.1, 0.15) is 5.75 Å². The third kappa shape index (κ3) is 11.3. The molecule has 0 saturated heterocycles. The molecule has 4 N–H and O–H groups in total. The zero-order chi connectivity index (χ0) is 35.6. The van der Waals surface area contributed by atoms with Crippen LogP contribution in [0.15, 0.2) is 42.5 Å². The van der Waals surface area contributed by atoms with Gasteiger partial charge in [-0.05, 0) is 89.4 Å². The molecule has 0 saturated carbocycles. The second-order valence-corrected chi connectivity index (χ2v) is 12.6. The van der Waals surface area contributed by atoms with E-state index in [-0.39, 0.29) is 49.0 Å². The molecule has 4 atom stereocenters. The van der Waals surface area contributed by atoms with Crippen molar-refractivity contribution in [1.29, 1.82) is 0 Å². The molecular formula is C34H48F3N5O6. The van der Waals surface area contributed by atoms with E-state index in [1.165, 1.54) is 21.9 Å². The zero-order valence-corrected chi connectivity index (χ0v) is 28.4. The lowest BCUT2D eigenvalue weighted by Gasteiger charge is -2.35. The van der Waals surface area contributed by atoms with Crippen molar-refractivity contribution < 1.29 is 42.1 Å². The molecule has 48 heavy (non-hydrogen) atoms. The van der Waals surface area contributed by atoms with E-state index < -0.39 is 41.9 Å². The number of benzene rings is 2. The molecule has 5 amide bonds. The number of ether oxygens (including phenoxy) is 2. The van der Waals surface area contributed by atoms with Crippen LogP contribution in [0.1, 0.15) is 69.8 Å². The number of anilines is 2. The monoisotopic (exact) mass is 679 g/mol. The van der Waals surface area contributed by atoms with Gasteiger partial charge < -0.3 is 40.3 Å². The molecule has 11 nitrogen and oxygen atoms in total. The number of alkyl halides is 3. The Kier molecular flexibility index (Phi) is 13.9. The summed E-state index contributed by atoms with van der Waals surface area (Å²) in [5.74, 6) is -0.383. The summed E-state index contributed by atoms with van der Waals surface area (Å²) < 4.78 is 51.4. The SMILES string of the molecule is CC(C)NC(=O)Nc1ccc2c(c1)C(=O)N([C@@H](C)CO)C[C@@H](C)[C@H](CN(C)C(=O)Nc1ccc(C(F)(F)F)cc1)OCCCC[C@H](C)O2. The molecule has 0 aromatic heterocycles. The van der Waals surface area contributed by atoms with Crippen molar-refractivity contribution in [3.05, 3.63) is 53.6 Å². The second-order valence-electron chi connectivity index (χ2n) is 12.6. The number of likely N-dealkylation sites (N-methyl/N-ethyl adjacent to an activating group) is 1. The summed E-state index contributed by atoms with van der Waals surface area (Å²) in [6.07, 6.45) is -3.08. The number of fused-ring (bicyclic) bond motifs is 1. The van der Waals surface area contributed by atoms with Crippen LogP contribution in [0.3, 0.4) is 0 Å². The van der Waals surface area contributed by atoms with E-state index in [0.717, 1.165) is 25.0 Å². The second kappa shape index (κ2) is 17.4. The molecule has 14 heteroatoms. The first-order chi connectivity index (χ1) is 22.6. The van der Waals surface area contributed by atoms with E-state index in [2.05, 4.69) is 16.0 Å². The van der Waals surface area contributed by atoms with Gasteiger partial charge in [0.05, 0.1) is 36.0 Å². The lowest BCUT2D eigenvalue weighted by atomic mass is 10.0. The van der Waals surface area contributed by atoms with Crippen molar-refractivity contribution in [2.45, 2.75) is 84.3 Å². The average molecular weight is 680 g/mol. The standard InChI is InChI=1S/C34H48F3N5O6/c1-21(2)38-32(45)39-27-14-15-29-28(17-27)31(44)42(23(4)20-43)18-22(3)30(47-16-8-7-9-24(5)48-29)19-41(6)33(46)40-26-12-10-25(11-13-26)34(35,36)37/h10-15,17,21-24,30,43H,7-9,16,18-20H2,1-6H3,(H,40,46)(H2,38,39,45)/t22-,23+,24+,30+/m1/s1. The number of rotatable bonds is 7. The molecule has 2 aromatic carbocycles. The van der Waals surface area contributed by atoms with Crippen molar-refractivity contribution in [3.63, 3.8) is 0 Å². The van der Waals surface area contributed by atoms with Gasteiger partial charge >= 0.3 is 18.2 Å². The van der Waals surface area contributed by atoms with E-state index in [9.17, 15) is 32.7 Å².